The molecule has 2 rings (SSSR count). The third kappa shape index (κ3) is 6.09. The summed E-state index contributed by atoms with van der Waals surface area (Å²) in [6.07, 6.45) is 0. The second-order valence-electron chi connectivity index (χ2n) is 5.92. The molecular formula is C18H24Cl2N2O2Zr. The minimum absolute atomic E-state index is 0. The van der Waals surface area contributed by atoms with E-state index in [-0.39, 0.29) is 24.8 Å². The molecule has 2 aromatic rings. The van der Waals surface area contributed by atoms with Crippen LogP contribution in [0.5, 0.6) is 11.5 Å². The fourth-order valence-corrected chi connectivity index (χ4v) is 4.17. The number of hydrogen-bond acceptors (Lipinski definition) is 4. The Balaban J connectivity index is 0.00000288. The summed E-state index contributed by atoms with van der Waals surface area (Å²) in [7, 11) is 8.11. The number of nitrogens with zero attached hydrogens (tertiary/aromatic N) is 2. The van der Waals surface area contributed by atoms with Crippen molar-refractivity contribution in [3.8, 4) is 11.5 Å². The fourth-order valence-electron chi connectivity index (χ4n) is 2.35. The molecular weight excluding hydrogens is 438 g/mol. The number of rotatable bonds is 6. The van der Waals surface area contributed by atoms with Crippen LogP contribution >= 0.6 is 0 Å². The molecule has 0 saturated heterocycles. The van der Waals surface area contributed by atoms with Crippen LogP contribution in [0.1, 0.15) is 11.1 Å². The Morgan fingerprint density at radius 1 is 0.680 bits per heavy atom. The average Bonchev–Trinajstić information content (AvgIpc) is 2.49. The van der Waals surface area contributed by atoms with E-state index in [1.165, 1.54) is 0 Å². The van der Waals surface area contributed by atoms with Crippen LogP contribution in [0, 0.1) is 13.8 Å². The summed E-state index contributed by atoms with van der Waals surface area (Å²) in [6.45, 7) is 4.14. The van der Waals surface area contributed by atoms with Crippen LogP contribution in [0.3, 0.4) is 0 Å². The van der Waals surface area contributed by atoms with E-state index in [9.17, 15) is 0 Å². The molecule has 2 aromatic carbocycles. The van der Waals surface area contributed by atoms with Crippen molar-refractivity contribution >= 4 is 11.4 Å². The number of aryl methyl sites for hydroxylation is 2. The molecule has 4 nitrogen and oxygen atoms in total. The van der Waals surface area contributed by atoms with E-state index in [0.717, 1.165) is 34.0 Å². The maximum atomic E-state index is 6.11. The molecule has 0 radical (unpaired) electrons. The summed E-state index contributed by atoms with van der Waals surface area (Å²) in [5.41, 5.74) is 4.45. The van der Waals surface area contributed by atoms with Gasteiger partial charge in [0.1, 0.15) is 0 Å². The number of halogens is 2. The molecule has 25 heavy (non-hydrogen) atoms. The van der Waals surface area contributed by atoms with Crippen molar-refractivity contribution < 1.29 is 54.6 Å². The topological polar surface area (TPSA) is 24.9 Å². The van der Waals surface area contributed by atoms with Crippen LogP contribution in [0.15, 0.2) is 36.4 Å². The van der Waals surface area contributed by atoms with Crippen LogP contribution in [-0.2, 0) is 24.1 Å². The second-order valence-corrected chi connectivity index (χ2v) is 7.34. The Morgan fingerprint density at radius 2 is 1.04 bits per heavy atom. The molecule has 0 aliphatic rings. The molecule has 0 atom stereocenters. The monoisotopic (exact) mass is 460 g/mol. The molecule has 0 aliphatic heterocycles. The first-order valence-corrected chi connectivity index (χ1v) is 9.55. The zero-order valence-corrected chi connectivity index (χ0v) is 19.4. The third-order valence-corrected chi connectivity index (χ3v) is 5.05. The molecule has 0 fully saturated rings. The van der Waals surface area contributed by atoms with E-state index in [1.54, 1.807) is 0 Å². The molecule has 7 heteroatoms. The smallest absolute Gasteiger partial charge is 1.00 e. The molecule has 0 amide bonds. The quantitative estimate of drug-likeness (QED) is 0.487. The van der Waals surface area contributed by atoms with E-state index in [2.05, 4.69) is 60.0 Å². The van der Waals surface area contributed by atoms with Crippen molar-refractivity contribution in [3.05, 3.63) is 47.5 Å². The van der Waals surface area contributed by atoms with Gasteiger partial charge < -0.3 is 24.8 Å². The van der Waals surface area contributed by atoms with Crippen molar-refractivity contribution in [2.24, 2.45) is 0 Å². The van der Waals surface area contributed by atoms with Crippen molar-refractivity contribution in [3.63, 3.8) is 0 Å². The van der Waals surface area contributed by atoms with Gasteiger partial charge in [-0.15, -0.1) is 0 Å². The van der Waals surface area contributed by atoms with E-state index in [1.807, 2.05) is 28.2 Å². The summed E-state index contributed by atoms with van der Waals surface area (Å²) >= 11 is -1.49. The van der Waals surface area contributed by atoms with Gasteiger partial charge in [0.2, 0.25) is 0 Å². The van der Waals surface area contributed by atoms with Crippen LogP contribution in [-0.4, -0.2) is 28.2 Å². The summed E-state index contributed by atoms with van der Waals surface area (Å²) in [5.74, 6) is 1.87. The van der Waals surface area contributed by atoms with Gasteiger partial charge in [0, 0.05) is 0 Å². The van der Waals surface area contributed by atoms with Crippen LogP contribution in [0.25, 0.3) is 0 Å². The van der Waals surface area contributed by atoms with Gasteiger partial charge in [0.15, 0.2) is 0 Å². The Kier molecular flexibility index (Phi) is 10.6. The predicted octanol–water partition coefficient (Wildman–Crippen LogP) is -2.19. The first-order chi connectivity index (χ1) is 10.9. The van der Waals surface area contributed by atoms with Gasteiger partial charge in [-0.3, -0.25) is 0 Å². The number of benzene rings is 2. The number of anilines is 2. The van der Waals surface area contributed by atoms with E-state index in [0.29, 0.717) is 0 Å². The maximum Gasteiger partial charge on any atom is -1.00 e. The van der Waals surface area contributed by atoms with Gasteiger partial charge in [-0.2, -0.15) is 0 Å². The Morgan fingerprint density at radius 3 is 1.36 bits per heavy atom. The third-order valence-electron chi connectivity index (χ3n) is 3.63. The van der Waals surface area contributed by atoms with Crippen LogP contribution in [0.4, 0.5) is 11.4 Å². The second kappa shape index (κ2) is 11.0. The van der Waals surface area contributed by atoms with Crippen molar-refractivity contribution in [2.75, 3.05) is 38.0 Å². The first kappa shape index (κ1) is 24.1. The van der Waals surface area contributed by atoms with Gasteiger partial charge >= 0.3 is 152 Å². The molecule has 0 spiro atoms. The van der Waals surface area contributed by atoms with E-state index in [4.69, 9.17) is 5.63 Å². The minimum Gasteiger partial charge on any atom is -1.00 e. The van der Waals surface area contributed by atoms with Crippen LogP contribution < -0.4 is 40.2 Å². The molecule has 0 saturated carbocycles. The Hall–Kier alpha value is -0.897. The predicted molar refractivity (Wildman–Crippen MR) is 92.3 cm³/mol. The number of para-hydroxylation sites is 2. The van der Waals surface area contributed by atoms with Crippen LogP contribution in [0.2, 0.25) is 0 Å². The molecule has 0 unspecified atom stereocenters. The van der Waals surface area contributed by atoms with Crippen molar-refractivity contribution in [2.45, 2.75) is 13.8 Å². The Labute approximate surface area is 176 Å². The SMILES string of the molecule is Cc1cccc(N(C)C)c1[O][Zr+2][O]c1c(C)cccc1N(C)C.[Cl-].[Cl-]. The van der Waals surface area contributed by atoms with Gasteiger partial charge in [0.25, 0.3) is 0 Å². The van der Waals surface area contributed by atoms with Gasteiger partial charge in [0.05, 0.1) is 0 Å². The Bertz CT molecular complexity index is 625. The first-order valence-electron chi connectivity index (χ1n) is 7.54. The molecule has 0 N–H and O–H groups in total. The largest absolute Gasteiger partial charge is 1.00 e. The summed E-state index contributed by atoms with van der Waals surface area (Å²) < 4.78 is 12.2. The zero-order chi connectivity index (χ0) is 17.0. The van der Waals surface area contributed by atoms with Crippen molar-refractivity contribution in [1.82, 2.24) is 0 Å². The maximum absolute atomic E-state index is 6.11. The summed E-state index contributed by atoms with van der Waals surface area (Å²) in [4.78, 5) is 4.14. The molecule has 0 aliphatic carbocycles. The number of hydrogen-bond donors (Lipinski definition) is 0. The average molecular weight is 463 g/mol. The van der Waals surface area contributed by atoms with Gasteiger partial charge in [-0.05, 0) is 0 Å². The summed E-state index contributed by atoms with van der Waals surface area (Å²) in [6, 6.07) is 12.4. The molecule has 136 valence electrons. The van der Waals surface area contributed by atoms with E-state index < -0.39 is 24.1 Å². The summed E-state index contributed by atoms with van der Waals surface area (Å²) in [5, 5.41) is 0. The standard InChI is InChI=1S/2C9H13NO.2ClH.Zr/c2*1-7-5-4-6-8(9(7)11)10(2)3;;;/h2*4-6,11H,1-3H3;2*1H;/q;;;;+4/p-4. The normalized spacial score (nSPS) is 9.20. The van der Waals surface area contributed by atoms with Gasteiger partial charge in [-0.25, -0.2) is 0 Å². The molecule has 0 heterocycles. The van der Waals surface area contributed by atoms with E-state index >= 15 is 0 Å². The molecule has 0 bridgehead atoms. The van der Waals surface area contributed by atoms with Crippen molar-refractivity contribution in [1.29, 1.82) is 0 Å². The zero-order valence-electron chi connectivity index (χ0n) is 15.4. The molecule has 0 aromatic heterocycles. The fraction of sp³-hybridized carbons (Fsp3) is 0.333. The minimum atomic E-state index is -1.49. The van der Waals surface area contributed by atoms with Gasteiger partial charge in [-0.1, -0.05) is 0 Å².